The molecule has 19 heavy (non-hydrogen) atoms. The van der Waals surface area contributed by atoms with Crippen LogP contribution in [0.1, 0.15) is 32.3 Å². The lowest BCUT2D eigenvalue weighted by atomic mass is 10.0. The number of alkyl halides is 3. The molecule has 0 atom stereocenters. The van der Waals surface area contributed by atoms with Gasteiger partial charge in [-0.15, -0.1) is 0 Å². The minimum absolute atomic E-state index is 0.00612. The fourth-order valence-corrected chi connectivity index (χ4v) is 1.86. The van der Waals surface area contributed by atoms with Crippen LogP contribution in [0.4, 0.5) is 18.9 Å². The summed E-state index contributed by atoms with van der Waals surface area (Å²) in [5.74, 6) is -0.545. The zero-order chi connectivity index (χ0) is 14.6. The Morgan fingerprint density at radius 2 is 1.89 bits per heavy atom. The summed E-state index contributed by atoms with van der Waals surface area (Å²) in [6.45, 7) is 3.70. The molecule has 0 unspecified atom stereocenters. The quantitative estimate of drug-likeness (QED) is 0.854. The lowest BCUT2D eigenvalue weighted by Crippen LogP contribution is -2.22. The van der Waals surface area contributed by atoms with Crippen LogP contribution in [0.2, 0.25) is 5.02 Å². The molecule has 0 saturated heterocycles. The molecule has 1 aromatic carbocycles. The van der Waals surface area contributed by atoms with Gasteiger partial charge in [0.25, 0.3) is 0 Å². The van der Waals surface area contributed by atoms with E-state index in [0.29, 0.717) is 12.8 Å². The summed E-state index contributed by atoms with van der Waals surface area (Å²) in [6, 6.07) is 2.87. The molecule has 106 valence electrons. The summed E-state index contributed by atoms with van der Waals surface area (Å²) in [5, 5.41) is 2.54. The normalized spacial score (nSPS) is 11.7. The Balaban J connectivity index is 2.98. The summed E-state index contributed by atoms with van der Waals surface area (Å²) in [4.78, 5) is 11.8. The molecule has 0 heterocycles. The standard InChI is InChI=1S/C13H15ClF3NO/c1-3-8(4-2)12(19)18-11-7-9(13(15,16)17)5-6-10(11)14/h5-8H,3-4H2,1-2H3,(H,18,19). The molecule has 0 aliphatic carbocycles. The van der Waals surface area contributed by atoms with E-state index in [1.54, 1.807) is 0 Å². The number of benzene rings is 1. The third-order valence-corrected chi connectivity index (χ3v) is 3.24. The van der Waals surface area contributed by atoms with Crippen LogP contribution in [0, 0.1) is 5.92 Å². The van der Waals surface area contributed by atoms with Crippen molar-refractivity contribution in [1.82, 2.24) is 0 Å². The van der Waals surface area contributed by atoms with Gasteiger partial charge in [0.2, 0.25) is 5.91 Å². The van der Waals surface area contributed by atoms with Gasteiger partial charge in [-0.2, -0.15) is 13.2 Å². The number of amides is 1. The first kappa shape index (κ1) is 15.8. The van der Waals surface area contributed by atoms with Crippen molar-refractivity contribution < 1.29 is 18.0 Å². The summed E-state index contributed by atoms with van der Waals surface area (Å²) in [6.07, 6.45) is -3.21. The lowest BCUT2D eigenvalue weighted by molar-refractivity contribution is -0.137. The summed E-state index contributed by atoms with van der Waals surface area (Å²) >= 11 is 5.80. The molecule has 0 saturated carbocycles. The Bertz CT molecular complexity index is 456. The molecule has 0 aliphatic heterocycles. The summed E-state index contributed by atoms with van der Waals surface area (Å²) < 4.78 is 37.7. The zero-order valence-electron chi connectivity index (χ0n) is 10.6. The van der Waals surface area contributed by atoms with Crippen LogP contribution in [0.5, 0.6) is 0 Å². The minimum atomic E-state index is -4.46. The molecule has 0 aromatic heterocycles. The second kappa shape index (κ2) is 6.28. The molecular weight excluding hydrogens is 279 g/mol. The molecule has 0 spiro atoms. The fourth-order valence-electron chi connectivity index (χ4n) is 1.69. The van der Waals surface area contributed by atoms with E-state index >= 15 is 0 Å². The highest BCUT2D eigenvalue weighted by Gasteiger charge is 2.31. The van der Waals surface area contributed by atoms with E-state index in [4.69, 9.17) is 11.6 Å². The average molecular weight is 294 g/mol. The van der Waals surface area contributed by atoms with E-state index in [1.807, 2.05) is 13.8 Å². The number of rotatable bonds is 4. The van der Waals surface area contributed by atoms with Crippen LogP contribution in [-0.4, -0.2) is 5.91 Å². The Labute approximate surface area is 114 Å². The predicted octanol–water partition coefficient (Wildman–Crippen LogP) is 4.73. The Kier molecular flexibility index (Phi) is 5.23. The fraction of sp³-hybridized carbons (Fsp3) is 0.462. The number of nitrogens with one attached hydrogen (secondary N) is 1. The Morgan fingerprint density at radius 3 is 2.37 bits per heavy atom. The SMILES string of the molecule is CCC(CC)C(=O)Nc1cc(C(F)(F)F)ccc1Cl. The Hall–Kier alpha value is -1.23. The van der Waals surface area contributed by atoms with Gasteiger partial charge in [0.15, 0.2) is 0 Å². The van der Waals surface area contributed by atoms with Crippen LogP contribution < -0.4 is 5.32 Å². The lowest BCUT2D eigenvalue weighted by Gasteiger charge is -2.15. The van der Waals surface area contributed by atoms with Gasteiger partial charge >= 0.3 is 6.18 Å². The van der Waals surface area contributed by atoms with Crippen molar-refractivity contribution in [3.05, 3.63) is 28.8 Å². The second-order valence-corrected chi connectivity index (χ2v) is 4.60. The predicted molar refractivity (Wildman–Crippen MR) is 69.2 cm³/mol. The molecule has 0 aliphatic rings. The van der Waals surface area contributed by atoms with Crippen LogP contribution >= 0.6 is 11.6 Å². The minimum Gasteiger partial charge on any atom is -0.325 e. The van der Waals surface area contributed by atoms with E-state index in [0.717, 1.165) is 18.2 Å². The number of hydrogen-bond acceptors (Lipinski definition) is 1. The molecule has 0 bridgehead atoms. The van der Waals surface area contributed by atoms with E-state index < -0.39 is 11.7 Å². The number of halogens is 4. The highest BCUT2D eigenvalue weighted by Crippen LogP contribution is 2.34. The third kappa shape index (κ3) is 4.13. The number of carbonyl (C=O) groups is 1. The van der Waals surface area contributed by atoms with Crippen LogP contribution in [0.3, 0.4) is 0 Å². The first-order valence-corrected chi connectivity index (χ1v) is 6.35. The van der Waals surface area contributed by atoms with Gasteiger partial charge in [0.05, 0.1) is 16.3 Å². The molecule has 1 N–H and O–H groups in total. The van der Waals surface area contributed by atoms with Gasteiger partial charge in [0.1, 0.15) is 0 Å². The monoisotopic (exact) mass is 293 g/mol. The number of anilines is 1. The molecule has 2 nitrogen and oxygen atoms in total. The van der Waals surface area contributed by atoms with Crippen molar-refractivity contribution in [2.75, 3.05) is 5.32 Å². The van der Waals surface area contributed by atoms with Crippen LogP contribution in [0.15, 0.2) is 18.2 Å². The van der Waals surface area contributed by atoms with Gasteiger partial charge < -0.3 is 5.32 Å². The largest absolute Gasteiger partial charge is 0.416 e. The topological polar surface area (TPSA) is 29.1 Å². The molecule has 1 aromatic rings. The van der Waals surface area contributed by atoms with Crippen LogP contribution in [-0.2, 0) is 11.0 Å². The maximum atomic E-state index is 12.6. The van der Waals surface area contributed by atoms with Crippen molar-refractivity contribution in [3.8, 4) is 0 Å². The maximum absolute atomic E-state index is 12.6. The van der Waals surface area contributed by atoms with E-state index in [2.05, 4.69) is 5.32 Å². The van der Waals surface area contributed by atoms with E-state index in [1.165, 1.54) is 0 Å². The van der Waals surface area contributed by atoms with E-state index in [-0.39, 0.29) is 22.5 Å². The first-order chi connectivity index (χ1) is 8.79. The molecule has 1 rings (SSSR count). The number of hydrogen-bond donors (Lipinski definition) is 1. The molecule has 0 radical (unpaired) electrons. The van der Waals surface area contributed by atoms with Gasteiger partial charge in [-0.25, -0.2) is 0 Å². The zero-order valence-corrected chi connectivity index (χ0v) is 11.4. The highest BCUT2D eigenvalue weighted by molar-refractivity contribution is 6.33. The first-order valence-electron chi connectivity index (χ1n) is 5.97. The van der Waals surface area contributed by atoms with Gasteiger partial charge in [0, 0.05) is 5.92 Å². The smallest absolute Gasteiger partial charge is 0.325 e. The third-order valence-electron chi connectivity index (χ3n) is 2.91. The molecule has 1 amide bonds. The van der Waals surface area contributed by atoms with Crippen molar-refractivity contribution in [1.29, 1.82) is 0 Å². The maximum Gasteiger partial charge on any atom is 0.416 e. The summed E-state index contributed by atoms with van der Waals surface area (Å²) in [5.41, 5.74) is -0.842. The van der Waals surface area contributed by atoms with Gasteiger partial charge in [-0.1, -0.05) is 25.4 Å². The molecule has 6 heteroatoms. The van der Waals surface area contributed by atoms with Crippen LogP contribution in [0.25, 0.3) is 0 Å². The highest BCUT2D eigenvalue weighted by atomic mass is 35.5. The Morgan fingerprint density at radius 1 is 1.32 bits per heavy atom. The average Bonchev–Trinajstić information content (AvgIpc) is 2.32. The van der Waals surface area contributed by atoms with Gasteiger partial charge in [-0.05, 0) is 31.0 Å². The van der Waals surface area contributed by atoms with Crippen molar-refractivity contribution in [2.45, 2.75) is 32.9 Å². The molecular formula is C13H15ClF3NO. The van der Waals surface area contributed by atoms with Crippen molar-refractivity contribution in [2.24, 2.45) is 5.92 Å². The van der Waals surface area contributed by atoms with Gasteiger partial charge in [-0.3, -0.25) is 4.79 Å². The number of carbonyl (C=O) groups excluding carboxylic acids is 1. The molecule has 0 fully saturated rings. The van der Waals surface area contributed by atoms with E-state index in [9.17, 15) is 18.0 Å². The summed E-state index contributed by atoms with van der Waals surface area (Å²) in [7, 11) is 0. The van der Waals surface area contributed by atoms with Crippen molar-refractivity contribution >= 4 is 23.2 Å². The second-order valence-electron chi connectivity index (χ2n) is 4.20. The van der Waals surface area contributed by atoms with Crippen molar-refractivity contribution in [3.63, 3.8) is 0 Å².